The Hall–Kier alpha value is -4.67. The minimum Gasteiger partial charge on any atom is -0.378 e. The van der Waals surface area contributed by atoms with E-state index in [1.165, 1.54) is 24.8 Å². The largest absolute Gasteiger partial charge is 0.378 e. The molecule has 15 nitrogen and oxygen atoms in total. The first-order chi connectivity index (χ1) is 21.8. The van der Waals surface area contributed by atoms with Crippen LogP contribution in [0.2, 0.25) is 0 Å². The molecule has 3 aliphatic heterocycles. The molecule has 3 aromatic heterocycles. The highest BCUT2D eigenvalue weighted by molar-refractivity contribution is 5.93. The summed E-state index contributed by atoms with van der Waals surface area (Å²) in [6, 6.07) is -0.570. The summed E-state index contributed by atoms with van der Waals surface area (Å²) in [6.45, 7) is 4.31. The number of fused-ring (bicyclic) bond motifs is 1. The lowest BCUT2D eigenvalue weighted by Crippen LogP contribution is -2.52. The molecule has 0 aliphatic carbocycles. The second kappa shape index (κ2) is 13.1. The number of amides is 3. The van der Waals surface area contributed by atoms with Crippen LogP contribution in [-0.4, -0.2) is 121 Å². The van der Waals surface area contributed by atoms with Crippen molar-refractivity contribution in [2.75, 3.05) is 62.7 Å². The van der Waals surface area contributed by atoms with Crippen LogP contribution in [0.1, 0.15) is 32.2 Å². The zero-order chi connectivity index (χ0) is 31.5. The number of nitrogens with zero attached hydrogens (tertiary/aromatic N) is 9. The van der Waals surface area contributed by atoms with Crippen molar-refractivity contribution in [3.05, 3.63) is 31.4 Å². The van der Waals surface area contributed by atoms with Crippen LogP contribution in [0.25, 0.3) is 16.9 Å². The topological polar surface area (TPSA) is 156 Å². The van der Waals surface area contributed by atoms with E-state index >= 15 is 0 Å². The second-order valence-corrected chi connectivity index (χ2v) is 11.1. The number of piperidine rings is 1. The van der Waals surface area contributed by atoms with Gasteiger partial charge in [-0.1, -0.05) is 6.58 Å². The van der Waals surface area contributed by atoms with Crippen LogP contribution in [0.15, 0.2) is 31.4 Å². The fraction of sp³-hybridized carbons (Fsp3) is 0.536. The van der Waals surface area contributed by atoms with Crippen LogP contribution in [0.3, 0.4) is 0 Å². The average molecular weight is 628 g/mol. The lowest BCUT2D eigenvalue weighted by atomic mass is 10.0. The molecule has 3 aromatic rings. The molecule has 0 spiro atoms. The van der Waals surface area contributed by atoms with E-state index in [9.17, 15) is 23.2 Å². The Bertz CT molecular complexity index is 1560. The van der Waals surface area contributed by atoms with Gasteiger partial charge in [-0.25, -0.2) is 9.67 Å². The van der Waals surface area contributed by atoms with Crippen LogP contribution in [0.5, 0.6) is 0 Å². The predicted molar refractivity (Wildman–Crippen MR) is 158 cm³/mol. The number of anilines is 2. The number of hydrogen-bond donors (Lipinski definition) is 2. The van der Waals surface area contributed by atoms with Gasteiger partial charge in [0.15, 0.2) is 17.0 Å². The van der Waals surface area contributed by atoms with Gasteiger partial charge in [-0.3, -0.25) is 19.0 Å². The molecule has 6 heterocycles. The Labute approximate surface area is 257 Å². The zero-order valence-corrected chi connectivity index (χ0v) is 24.6. The SMILES string of the molecule is C=CC(=O)N1CCC[C@H]1C(=O)N1CCC(NC(=O)CNc2nc(N3CCOCC3)nc3c2ncn3-c2cnn(C(F)F)c2)CC1. The molecule has 3 amide bonds. The summed E-state index contributed by atoms with van der Waals surface area (Å²) in [6.07, 6.45) is 7.81. The maximum atomic E-state index is 13.2. The number of aromatic nitrogens is 6. The monoisotopic (exact) mass is 627 g/mol. The van der Waals surface area contributed by atoms with E-state index in [0.29, 0.717) is 98.5 Å². The van der Waals surface area contributed by atoms with Crippen molar-refractivity contribution in [3.63, 3.8) is 0 Å². The van der Waals surface area contributed by atoms with Crippen molar-refractivity contribution in [1.82, 2.24) is 44.4 Å². The normalized spacial score (nSPS) is 19.4. The highest BCUT2D eigenvalue weighted by atomic mass is 19.3. The molecule has 0 aromatic carbocycles. The van der Waals surface area contributed by atoms with Gasteiger partial charge >= 0.3 is 6.55 Å². The fourth-order valence-electron chi connectivity index (χ4n) is 5.97. The Morgan fingerprint density at radius 1 is 1.09 bits per heavy atom. The molecule has 0 bridgehead atoms. The minimum absolute atomic E-state index is 0.0565. The van der Waals surface area contributed by atoms with Crippen LogP contribution >= 0.6 is 0 Å². The Morgan fingerprint density at radius 3 is 2.58 bits per heavy atom. The number of hydrogen-bond acceptors (Lipinski definition) is 10. The number of halogens is 2. The molecule has 3 aliphatic rings. The molecule has 240 valence electrons. The van der Waals surface area contributed by atoms with Gasteiger partial charge in [0.25, 0.3) is 0 Å². The van der Waals surface area contributed by atoms with Crippen molar-refractivity contribution in [2.24, 2.45) is 0 Å². The number of morpholine rings is 1. The molecule has 2 N–H and O–H groups in total. The third-order valence-corrected chi connectivity index (χ3v) is 8.33. The molecule has 3 saturated heterocycles. The van der Waals surface area contributed by atoms with Crippen molar-refractivity contribution in [3.8, 4) is 5.69 Å². The van der Waals surface area contributed by atoms with Crippen LogP contribution < -0.4 is 15.5 Å². The Morgan fingerprint density at radius 2 is 1.87 bits per heavy atom. The first kappa shape index (κ1) is 30.4. The van der Waals surface area contributed by atoms with Gasteiger partial charge in [0, 0.05) is 38.8 Å². The van der Waals surface area contributed by atoms with Crippen LogP contribution in [0.4, 0.5) is 20.5 Å². The highest BCUT2D eigenvalue weighted by Gasteiger charge is 2.37. The molecule has 1 atom stereocenters. The summed E-state index contributed by atoms with van der Waals surface area (Å²) in [7, 11) is 0. The summed E-state index contributed by atoms with van der Waals surface area (Å²) in [5.74, 6) is 0.180. The summed E-state index contributed by atoms with van der Waals surface area (Å²) >= 11 is 0. The first-order valence-corrected chi connectivity index (χ1v) is 15.0. The number of imidazole rings is 1. The smallest absolute Gasteiger partial charge is 0.333 e. The lowest BCUT2D eigenvalue weighted by Gasteiger charge is -2.35. The van der Waals surface area contributed by atoms with Gasteiger partial charge in [-0.15, -0.1) is 0 Å². The van der Waals surface area contributed by atoms with Gasteiger partial charge < -0.3 is 30.1 Å². The minimum atomic E-state index is -2.79. The zero-order valence-electron chi connectivity index (χ0n) is 24.6. The molecule has 0 radical (unpaired) electrons. The molecular formula is C28H35F2N11O4. The van der Waals surface area contributed by atoms with E-state index in [-0.39, 0.29) is 30.3 Å². The number of carbonyl (C=O) groups is 3. The first-order valence-electron chi connectivity index (χ1n) is 15.0. The maximum absolute atomic E-state index is 13.2. The number of ether oxygens (including phenoxy) is 1. The van der Waals surface area contributed by atoms with Gasteiger partial charge in [0.1, 0.15) is 12.4 Å². The number of alkyl halides is 2. The van der Waals surface area contributed by atoms with E-state index in [2.05, 4.69) is 37.3 Å². The average Bonchev–Trinajstić information content (AvgIpc) is 3.83. The van der Waals surface area contributed by atoms with E-state index < -0.39 is 12.6 Å². The van der Waals surface area contributed by atoms with Gasteiger partial charge in [-0.05, 0) is 31.8 Å². The summed E-state index contributed by atoms with van der Waals surface area (Å²) in [4.78, 5) is 57.3. The van der Waals surface area contributed by atoms with Gasteiger partial charge in [0.05, 0.1) is 37.8 Å². The summed E-state index contributed by atoms with van der Waals surface area (Å²) in [5, 5.41) is 9.83. The number of rotatable bonds is 9. The molecule has 45 heavy (non-hydrogen) atoms. The van der Waals surface area contributed by atoms with Crippen molar-refractivity contribution in [1.29, 1.82) is 0 Å². The van der Waals surface area contributed by atoms with Crippen molar-refractivity contribution < 1.29 is 27.9 Å². The predicted octanol–water partition coefficient (Wildman–Crippen LogP) is 0.940. The maximum Gasteiger partial charge on any atom is 0.333 e. The number of carbonyl (C=O) groups excluding carboxylic acids is 3. The molecule has 0 unspecified atom stereocenters. The van der Waals surface area contributed by atoms with E-state index in [1.807, 2.05) is 4.90 Å². The standard InChI is InChI=1S/C28H35F2N11O4/c1-2-22(43)39-7-3-4-20(39)26(44)37-8-5-18(6-9-37)34-21(42)15-31-24-23-25(36-28(35-24)38-10-12-45-13-11-38)40(17-32-23)19-14-33-41(16-19)27(29)30/h2,14,16-18,20,27H,1,3-13,15H2,(H,34,42)(H,31,35,36)/t20-/m0/s1. The van der Waals surface area contributed by atoms with Crippen LogP contribution in [-0.2, 0) is 19.1 Å². The number of nitrogens with one attached hydrogen (secondary N) is 2. The third kappa shape index (κ3) is 6.43. The Kier molecular flexibility index (Phi) is 8.86. The van der Waals surface area contributed by atoms with E-state index in [1.54, 1.807) is 14.4 Å². The van der Waals surface area contributed by atoms with Crippen LogP contribution in [0, 0.1) is 0 Å². The van der Waals surface area contributed by atoms with E-state index in [0.717, 1.165) is 6.42 Å². The lowest BCUT2D eigenvalue weighted by molar-refractivity contribution is -0.142. The van der Waals surface area contributed by atoms with Gasteiger partial charge in [-0.2, -0.15) is 23.8 Å². The molecule has 3 fully saturated rings. The third-order valence-electron chi connectivity index (χ3n) is 8.33. The quantitative estimate of drug-likeness (QED) is 0.328. The fourth-order valence-corrected chi connectivity index (χ4v) is 5.97. The van der Waals surface area contributed by atoms with Crippen molar-refractivity contribution in [2.45, 2.75) is 44.3 Å². The summed E-state index contributed by atoms with van der Waals surface area (Å²) < 4.78 is 33.9. The molecule has 6 rings (SSSR count). The molecule has 17 heteroatoms. The Balaban J connectivity index is 1.10. The van der Waals surface area contributed by atoms with E-state index in [4.69, 9.17) is 4.74 Å². The highest BCUT2D eigenvalue weighted by Crippen LogP contribution is 2.26. The molecular weight excluding hydrogens is 592 g/mol. The van der Waals surface area contributed by atoms with Gasteiger partial charge in [0.2, 0.25) is 23.7 Å². The summed E-state index contributed by atoms with van der Waals surface area (Å²) in [5.41, 5.74) is 1.09. The second-order valence-electron chi connectivity index (χ2n) is 11.1. The van der Waals surface area contributed by atoms with Crippen molar-refractivity contribution >= 4 is 40.7 Å². The number of likely N-dealkylation sites (tertiary alicyclic amines) is 2. The molecule has 0 saturated carbocycles.